The van der Waals surface area contributed by atoms with Crippen molar-refractivity contribution in [2.24, 2.45) is 0 Å². The molecule has 3 N–H and O–H groups in total. The molecule has 0 radical (unpaired) electrons. The number of furan rings is 1. The van der Waals surface area contributed by atoms with Gasteiger partial charge in [-0.15, -0.1) is 0 Å². The number of carboxylic acids is 1. The summed E-state index contributed by atoms with van der Waals surface area (Å²) in [5.74, 6) is -0.446. The molecule has 15 heavy (non-hydrogen) atoms. The monoisotopic (exact) mass is 213 g/mol. The molecule has 0 aliphatic carbocycles. The first-order valence-corrected chi connectivity index (χ1v) is 4.82. The van der Waals surface area contributed by atoms with E-state index in [-0.39, 0.29) is 18.2 Å². The van der Waals surface area contributed by atoms with Gasteiger partial charge in [0.15, 0.2) is 0 Å². The van der Waals surface area contributed by atoms with Gasteiger partial charge in [0.1, 0.15) is 12.0 Å². The summed E-state index contributed by atoms with van der Waals surface area (Å²) in [5.41, 5.74) is 0.142. The molecule has 5 heteroatoms. The number of carbonyl (C=O) groups is 1. The minimum atomic E-state index is -1.00. The first-order chi connectivity index (χ1) is 7.17. The zero-order valence-electron chi connectivity index (χ0n) is 8.56. The van der Waals surface area contributed by atoms with Gasteiger partial charge < -0.3 is 19.9 Å². The van der Waals surface area contributed by atoms with Crippen molar-refractivity contribution < 1.29 is 19.4 Å². The summed E-state index contributed by atoms with van der Waals surface area (Å²) in [6, 6.07) is 1.49. The van der Waals surface area contributed by atoms with Crippen LogP contribution < -0.4 is 5.32 Å². The quantitative estimate of drug-likeness (QED) is 0.652. The molecule has 0 saturated heterocycles. The summed E-state index contributed by atoms with van der Waals surface area (Å²) in [6.45, 7) is 2.44. The van der Waals surface area contributed by atoms with Crippen LogP contribution in [0.2, 0.25) is 0 Å². The van der Waals surface area contributed by atoms with Crippen molar-refractivity contribution in [2.75, 3.05) is 6.61 Å². The SMILES string of the molecule is CC[C@@H](CO)NCc1cc(C(=O)O)co1. The highest BCUT2D eigenvalue weighted by Gasteiger charge is 2.09. The predicted molar refractivity (Wildman–Crippen MR) is 53.7 cm³/mol. The Morgan fingerprint density at radius 2 is 2.40 bits per heavy atom. The predicted octanol–water partition coefficient (Wildman–Crippen LogP) is 0.838. The summed E-state index contributed by atoms with van der Waals surface area (Å²) in [5, 5.41) is 20.6. The van der Waals surface area contributed by atoms with E-state index in [1.807, 2.05) is 6.92 Å². The van der Waals surface area contributed by atoms with E-state index in [9.17, 15) is 4.79 Å². The molecule has 1 aromatic heterocycles. The van der Waals surface area contributed by atoms with Gasteiger partial charge in [0.25, 0.3) is 0 Å². The third-order valence-corrected chi connectivity index (χ3v) is 2.18. The van der Waals surface area contributed by atoms with E-state index in [2.05, 4.69) is 5.32 Å². The standard InChI is InChI=1S/C10H15NO4/c1-2-8(5-12)11-4-9-3-7(6-15-9)10(13)14/h3,6,8,11-12H,2,4-5H2,1H3,(H,13,14)/t8-/m0/s1. The van der Waals surface area contributed by atoms with Crippen LogP contribution in [0.15, 0.2) is 16.7 Å². The lowest BCUT2D eigenvalue weighted by atomic mass is 10.2. The maximum absolute atomic E-state index is 10.5. The highest BCUT2D eigenvalue weighted by molar-refractivity contribution is 5.87. The first kappa shape index (κ1) is 11.7. The fraction of sp³-hybridized carbons (Fsp3) is 0.500. The Morgan fingerprint density at radius 1 is 1.67 bits per heavy atom. The van der Waals surface area contributed by atoms with Crippen molar-refractivity contribution in [1.82, 2.24) is 5.32 Å². The van der Waals surface area contributed by atoms with Crippen LogP contribution in [0, 0.1) is 0 Å². The van der Waals surface area contributed by atoms with Crippen LogP contribution in [-0.4, -0.2) is 28.8 Å². The molecule has 0 saturated carbocycles. The zero-order chi connectivity index (χ0) is 11.3. The van der Waals surface area contributed by atoms with Gasteiger partial charge in [0, 0.05) is 6.04 Å². The van der Waals surface area contributed by atoms with Crippen molar-refractivity contribution in [1.29, 1.82) is 0 Å². The molecule has 1 aromatic rings. The van der Waals surface area contributed by atoms with Gasteiger partial charge in [-0.2, -0.15) is 0 Å². The maximum atomic E-state index is 10.5. The Morgan fingerprint density at radius 3 is 2.87 bits per heavy atom. The Kier molecular flexibility index (Phi) is 4.33. The van der Waals surface area contributed by atoms with Crippen molar-refractivity contribution in [2.45, 2.75) is 25.9 Å². The van der Waals surface area contributed by atoms with Crippen LogP contribution in [0.3, 0.4) is 0 Å². The maximum Gasteiger partial charge on any atom is 0.338 e. The van der Waals surface area contributed by atoms with E-state index in [1.54, 1.807) is 0 Å². The normalized spacial score (nSPS) is 12.7. The lowest BCUT2D eigenvalue weighted by molar-refractivity contribution is 0.0696. The summed E-state index contributed by atoms with van der Waals surface area (Å²) < 4.78 is 5.04. The van der Waals surface area contributed by atoms with Gasteiger partial charge >= 0.3 is 5.97 Å². The molecule has 0 spiro atoms. The Labute approximate surface area is 87.7 Å². The second-order valence-electron chi connectivity index (χ2n) is 3.28. The van der Waals surface area contributed by atoms with Crippen molar-refractivity contribution >= 4 is 5.97 Å². The number of rotatable bonds is 6. The molecular weight excluding hydrogens is 198 g/mol. The molecule has 0 amide bonds. The minimum absolute atomic E-state index is 0.0170. The van der Waals surface area contributed by atoms with Crippen LogP contribution in [0.4, 0.5) is 0 Å². The fourth-order valence-electron chi connectivity index (χ4n) is 1.17. The van der Waals surface area contributed by atoms with E-state index in [1.165, 1.54) is 12.3 Å². The second kappa shape index (κ2) is 5.53. The number of hydrogen-bond acceptors (Lipinski definition) is 4. The largest absolute Gasteiger partial charge is 0.478 e. The number of aliphatic hydroxyl groups excluding tert-OH is 1. The van der Waals surface area contributed by atoms with Gasteiger partial charge in [-0.3, -0.25) is 0 Å². The molecule has 0 fully saturated rings. The molecule has 1 heterocycles. The van der Waals surface area contributed by atoms with Crippen molar-refractivity contribution in [3.8, 4) is 0 Å². The second-order valence-corrected chi connectivity index (χ2v) is 3.28. The zero-order valence-corrected chi connectivity index (χ0v) is 8.56. The van der Waals surface area contributed by atoms with Crippen molar-refractivity contribution in [3.05, 3.63) is 23.7 Å². The van der Waals surface area contributed by atoms with Crippen molar-refractivity contribution in [3.63, 3.8) is 0 Å². The number of hydrogen-bond donors (Lipinski definition) is 3. The lowest BCUT2D eigenvalue weighted by Gasteiger charge is -2.11. The minimum Gasteiger partial charge on any atom is -0.478 e. The molecule has 0 aliphatic heterocycles. The summed E-state index contributed by atoms with van der Waals surface area (Å²) >= 11 is 0. The Balaban J connectivity index is 2.47. The molecule has 0 unspecified atom stereocenters. The van der Waals surface area contributed by atoms with Gasteiger partial charge in [0.2, 0.25) is 0 Å². The van der Waals surface area contributed by atoms with E-state index < -0.39 is 5.97 Å². The van der Waals surface area contributed by atoms with Gasteiger partial charge in [-0.25, -0.2) is 4.79 Å². The Hall–Kier alpha value is -1.33. The molecule has 0 bridgehead atoms. The van der Waals surface area contributed by atoms with E-state index >= 15 is 0 Å². The highest BCUT2D eigenvalue weighted by atomic mass is 16.4. The summed E-state index contributed by atoms with van der Waals surface area (Å²) in [6.07, 6.45) is 2.02. The fourth-order valence-corrected chi connectivity index (χ4v) is 1.17. The number of aliphatic hydroxyl groups is 1. The van der Waals surface area contributed by atoms with E-state index in [0.717, 1.165) is 6.42 Å². The molecule has 0 aliphatic rings. The smallest absolute Gasteiger partial charge is 0.338 e. The van der Waals surface area contributed by atoms with Gasteiger partial charge in [-0.05, 0) is 12.5 Å². The van der Waals surface area contributed by atoms with Crippen LogP contribution in [0.25, 0.3) is 0 Å². The molecule has 0 aromatic carbocycles. The first-order valence-electron chi connectivity index (χ1n) is 4.82. The molecule has 84 valence electrons. The number of aromatic carboxylic acids is 1. The van der Waals surface area contributed by atoms with Gasteiger partial charge in [-0.1, -0.05) is 6.92 Å². The molecule has 1 rings (SSSR count). The molecule has 5 nitrogen and oxygen atoms in total. The van der Waals surface area contributed by atoms with E-state index in [4.69, 9.17) is 14.6 Å². The molecule has 1 atom stereocenters. The topological polar surface area (TPSA) is 82.7 Å². The number of nitrogens with one attached hydrogen (secondary N) is 1. The van der Waals surface area contributed by atoms with Crippen LogP contribution in [0.1, 0.15) is 29.5 Å². The van der Waals surface area contributed by atoms with Crippen LogP contribution in [0.5, 0.6) is 0 Å². The third kappa shape index (κ3) is 3.38. The average Bonchev–Trinajstić information content (AvgIpc) is 2.68. The molecular formula is C10H15NO4. The van der Waals surface area contributed by atoms with Crippen LogP contribution >= 0.6 is 0 Å². The summed E-state index contributed by atoms with van der Waals surface area (Å²) in [7, 11) is 0. The average molecular weight is 213 g/mol. The Bertz CT molecular complexity index is 317. The lowest BCUT2D eigenvalue weighted by Crippen LogP contribution is -2.30. The highest BCUT2D eigenvalue weighted by Crippen LogP contribution is 2.07. The van der Waals surface area contributed by atoms with Crippen LogP contribution in [-0.2, 0) is 6.54 Å². The van der Waals surface area contributed by atoms with E-state index in [0.29, 0.717) is 12.3 Å². The van der Waals surface area contributed by atoms with Gasteiger partial charge in [0.05, 0.1) is 18.7 Å². The number of carboxylic acid groups (broad SMARTS) is 1. The third-order valence-electron chi connectivity index (χ3n) is 2.18. The summed E-state index contributed by atoms with van der Waals surface area (Å²) in [4.78, 5) is 10.5.